The van der Waals surface area contributed by atoms with E-state index in [1.807, 2.05) is 6.92 Å². The number of alkyl halides is 3. The lowest BCUT2D eigenvalue weighted by molar-refractivity contribution is -0.138. The van der Waals surface area contributed by atoms with Crippen LogP contribution in [0.15, 0.2) is 18.2 Å². The Labute approximate surface area is 97.4 Å². The van der Waals surface area contributed by atoms with Gasteiger partial charge in [-0.2, -0.15) is 13.2 Å². The number of hydrogen-bond acceptors (Lipinski definition) is 2. The minimum atomic E-state index is -4.45. The van der Waals surface area contributed by atoms with Crippen LogP contribution in [-0.2, 0) is 10.9 Å². The third-order valence-electron chi connectivity index (χ3n) is 2.22. The van der Waals surface area contributed by atoms with Gasteiger partial charge in [0.15, 0.2) is 0 Å². The summed E-state index contributed by atoms with van der Waals surface area (Å²) in [6, 6.07) is 3.43. The van der Waals surface area contributed by atoms with Crippen LogP contribution in [-0.4, -0.2) is 12.6 Å². The molecule has 0 radical (unpaired) electrons. The van der Waals surface area contributed by atoms with Crippen molar-refractivity contribution in [3.63, 3.8) is 0 Å². The van der Waals surface area contributed by atoms with E-state index in [-0.39, 0.29) is 17.7 Å². The van der Waals surface area contributed by atoms with Crippen molar-refractivity contribution in [2.24, 2.45) is 0 Å². The second kappa shape index (κ2) is 5.21. The molecule has 0 saturated carbocycles. The number of ether oxygens (including phenoxy) is 1. The fraction of sp³-hybridized carbons (Fsp3) is 0.417. The predicted octanol–water partition coefficient (Wildman–Crippen LogP) is 3.58. The minimum absolute atomic E-state index is 0.0728. The Morgan fingerprint density at radius 2 is 2.00 bits per heavy atom. The molecule has 2 nitrogen and oxygen atoms in total. The zero-order valence-corrected chi connectivity index (χ0v) is 9.60. The summed E-state index contributed by atoms with van der Waals surface area (Å²) in [5.74, 6) is -0.725. The van der Waals surface area contributed by atoms with Gasteiger partial charge in [0.1, 0.15) is 0 Å². The van der Waals surface area contributed by atoms with Crippen molar-refractivity contribution in [1.82, 2.24) is 0 Å². The van der Waals surface area contributed by atoms with Crippen LogP contribution in [0.3, 0.4) is 0 Å². The standard InChI is InChI=1S/C12H13F3O2/c1-3-6-17-11(16)9-5-4-8(2)10(7-9)12(13,14)15/h4-5,7H,3,6H2,1-2H3. The third-order valence-corrected chi connectivity index (χ3v) is 2.22. The van der Waals surface area contributed by atoms with Crippen molar-refractivity contribution in [1.29, 1.82) is 0 Å². The fourth-order valence-corrected chi connectivity index (χ4v) is 1.33. The van der Waals surface area contributed by atoms with E-state index in [1.165, 1.54) is 19.1 Å². The van der Waals surface area contributed by atoms with Gasteiger partial charge in [-0.1, -0.05) is 13.0 Å². The summed E-state index contributed by atoms with van der Waals surface area (Å²) >= 11 is 0. The summed E-state index contributed by atoms with van der Waals surface area (Å²) < 4.78 is 42.6. The van der Waals surface area contributed by atoms with Gasteiger partial charge in [-0.3, -0.25) is 0 Å². The number of carbonyl (C=O) groups is 1. The SMILES string of the molecule is CCCOC(=O)c1ccc(C)c(C(F)(F)F)c1. The first kappa shape index (κ1) is 13.5. The molecule has 0 atom stereocenters. The molecule has 0 aromatic heterocycles. The monoisotopic (exact) mass is 246 g/mol. The van der Waals surface area contributed by atoms with Gasteiger partial charge in [0.2, 0.25) is 0 Å². The molecule has 17 heavy (non-hydrogen) atoms. The van der Waals surface area contributed by atoms with Crippen LogP contribution in [0.5, 0.6) is 0 Å². The van der Waals surface area contributed by atoms with Crippen LogP contribution in [0.2, 0.25) is 0 Å². The van der Waals surface area contributed by atoms with E-state index in [2.05, 4.69) is 0 Å². The minimum Gasteiger partial charge on any atom is -0.462 e. The van der Waals surface area contributed by atoms with Gasteiger partial charge in [0.05, 0.1) is 17.7 Å². The maximum absolute atomic E-state index is 12.6. The van der Waals surface area contributed by atoms with Crippen LogP contribution in [0.1, 0.15) is 34.8 Å². The predicted molar refractivity (Wildman–Crippen MR) is 56.8 cm³/mol. The molecule has 0 saturated heterocycles. The molecule has 0 N–H and O–H groups in total. The number of esters is 1. The lowest BCUT2D eigenvalue weighted by Crippen LogP contribution is -2.11. The summed E-state index contributed by atoms with van der Waals surface area (Å²) in [5, 5.41) is 0. The van der Waals surface area contributed by atoms with Crippen molar-refractivity contribution in [3.8, 4) is 0 Å². The second-order valence-electron chi connectivity index (χ2n) is 3.66. The summed E-state index contributed by atoms with van der Waals surface area (Å²) in [4.78, 5) is 11.4. The smallest absolute Gasteiger partial charge is 0.416 e. The second-order valence-corrected chi connectivity index (χ2v) is 3.66. The highest BCUT2D eigenvalue weighted by Crippen LogP contribution is 2.32. The van der Waals surface area contributed by atoms with Gasteiger partial charge in [-0.15, -0.1) is 0 Å². The molecule has 0 aliphatic carbocycles. The first-order valence-corrected chi connectivity index (χ1v) is 5.21. The highest BCUT2D eigenvalue weighted by atomic mass is 19.4. The summed E-state index contributed by atoms with van der Waals surface area (Å²) in [6.45, 7) is 3.36. The van der Waals surface area contributed by atoms with Gasteiger partial charge >= 0.3 is 12.1 Å². The number of halogens is 3. The van der Waals surface area contributed by atoms with Crippen LogP contribution in [0.25, 0.3) is 0 Å². The fourth-order valence-electron chi connectivity index (χ4n) is 1.33. The van der Waals surface area contributed by atoms with Crippen LogP contribution < -0.4 is 0 Å². The molecule has 1 aromatic carbocycles. The molecule has 0 aliphatic heterocycles. The molecular weight excluding hydrogens is 233 g/mol. The van der Waals surface area contributed by atoms with E-state index in [0.717, 1.165) is 6.07 Å². The van der Waals surface area contributed by atoms with E-state index in [1.54, 1.807) is 0 Å². The maximum atomic E-state index is 12.6. The maximum Gasteiger partial charge on any atom is 0.416 e. The van der Waals surface area contributed by atoms with E-state index < -0.39 is 17.7 Å². The molecule has 0 heterocycles. The highest BCUT2D eigenvalue weighted by molar-refractivity contribution is 5.89. The molecular formula is C12H13F3O2. The van der Waals surface area contributed by atoms with Crippen molar-refractivity contribution in [2.75, 3.05) is 6.61 Å². The molecule has 1 rings (SSSR count). The van der Waals surface area contributed by atoms with E-state index in [0.29, 0.717) is 6.42 Å². The van der Waals surface area contributed by atoms with Gasteiger partial charge in [0.25, 0.3) is 0 Å². The van der Waals surface area contributed by atoms with E-state index in [9.17, 15) is 18.0 Å². The first-order chi connectivity index (χ1) is 7.86. The normalized spacial score (nSPS) is 11.4. The average molecular weight is 246 g/mol. The quantitative estimate of drug-likeness (QED) is 0.762. The van der Waals surface area contributed by atoms with Crippen LogP contribution in [0.4, 0.5) is 13.2 Å². The van der Waals surface area contributed by atoms with Crippen molar-refractivity contribution in [3.05, 3.63) is 34.9 Å². The van der Waals surface area contributed by atoms with Gasteiger partial charge in [0, 0.05) is 0 Å². The Morgan fingerprint density at radius 3 is 2.53 bits per heavy atom. The van der Waals surface area contributed by atoms with Crippen LogP contribution in [0, 0.1) is 6.92 Å². The Morgan fingerprint density at radius 1 is 1.35 bits per heavy atom. The number of hydrogen-bond donors (Lipinski definition) is 0. The largest absolute Gasteiger partial charge is 0.462 e. The molecule has 0 fully saturated rings. The lowest BCUT2D eigenvalue weighted by Gasteiger charge is -2.11. The summed E-state index contributed by atoms with van der Waals surface area (Å²) in [5.41, 5.74) is -0.788. The van der Waals surface area contributed by atoms with Crippen LogP contribution >= 0.6 is 0 Å². The molecule has 1 aromatic rings. The third kappa shape index (κ3) is 3.47. The molecule has 0 bridgehead atoms. The average Bonchev–Trinajstić information content (AvgIpc) is 2.25. The van der Waals surface area contributed by atoms with E-state index in [4.69, 9.17) is 4.74 Å². The number of rotatable bonds is 3. The lowest BCUT2D eigenvalue weighted by atomic mass is 10.0. The molecule has 5 heteroatoms. The molecule has 0 spiro atoms. The van der Waals surface area contributed by atoms with Gasteiger partial charge < -0.3 is 4.74 Å². The van der Waals surface area contributed by atoms with Gasteiger partial charge in [-0.05, 0) is 31.0 Å². The zero-order valence-electron chi connectivity index (χ0n) is 9.60. The topological polar surface area (TPSA) is 26.3 Å². The first-order valence-electron chi connectivity index (χ1n) is 5.21. The molecule has 94 valence electrons. The Kier molecular flexibility index (Phi) is 4.15. The summed E-state index contributed by atoms with van der Waals surface area (Å²) in [7, 11) is 0. The Bertz CT molecular complexity index is 411. The van der Waals surface area contributed by atoms with Gasteiger partial charge in [-0.25, -0.2) is 4.79 Å². The van der Waals surface area contributed by atoms with E-state index >= 15 is 0 Å². The van der Waals surface area contributed by atoms with Crippen molar-refractivity contribution >= 4 is 5.97 Å². The zero-order chi connectivity index (χ0) is 13.1. The molecule has 0 aliphatic rings. The number of benzene rings is 1. The number of aryl methyl sites for hydroxylation is 1. The Balaban J connectivity index is 3.00. The number of carbonyl (C=O) groups excluding carboxylic acids is 1. The summed E-state index contributed by atoms with van der Waals surface area (Å²) in [6.07, 6.45) is -3.82. The Hall–Kier alpha value is -1.52. The highest BCUT2D eigenvalue weighted by Gasteiger charge is 2.33. The van der Waals surface area contributed by atoms with Crippen molar-refractivity contribution < 1.29 is 22.7 Å². The molecule has 0 unspecified atom stereocenters. The molecule has 0 amide bonds. The van der Waals surface area contributed by atoms with Crippen molar-refractivity contribution in [2.45, 2.75) is 26.4 Å².